The molecule has 0 saturated heterocycles. The minimum atomic E-state index is -0.877. The minimum Gasteiger partial charge on any atom is -0.497 e. The second-order valence-electron chi connectivity index (χ2n) is 3.94. The lowest BCUT2D eigenvalue weighted by molar-refractivity contribution is 0.208. The normalized spacial score (nSPS) is 12.3. The van der Waals surface area contributed by atoms with Crippen LogP contribution in [-0.4, -0.2) is 34.3 Å². The third-order valence-electron chi connectivity index (χ3n) is 2.78. The van der Waals surface area contributed by atoms with Crippen molar-refractivity contribution in [3.63, 3.8) is 0 Å². The predicted octanol–water partition coefficient (Wildman–Crippen LogP) is 1.68. The van der Waals surface area contributed by atoms with Crippen molar-refractivity contribution in [2.75, 3.05) is 14.2 Å². The van der Waals surface area contributed by atoms with E-state index in [0.717, 1.165) is 0 Å². The molecule has 0 radical (unpaired) electrons. The maximum atomic E-state index is 10.4. The van der Waals surface area contributed by atoms with E-state index in [9.17, 15) is 5.11 Å². The summed E-state index contributed by atoms with van der Waals surface area (Å²) in [5.74, 6) is 1.22. The molecule has 0 saturated carbocycles. The lowest BCUT2D eigenvalue weighted by atomic mass is 10.1. The molecule has 1 unspecified atom stereocenters. The molecule has 0 aliphatic heterocycles. The van der Waals surface area contributed by atoms with Crippen molar-refractivity contribution in [3.05, 3.63) is 34.1 Å². The fourth-order valence-electron chi connectivity index (χ4n) is 1.77. The summed E-state index contributed by atoms with van der Waals surface area (Å²) in [7, 11) is 4.84. The van der Waals surface area contributed by atoms with Crippen molar-refractivity contribution in [1.29, 1.82) is 0 Å². The summed E-state index contributed by atoms with van der Waals surface area (Å²) in [5.41, 5.74) is 1.21. The Kier molecular flexibility index (Phi) is 4.06. The molecule has 0 bridgehead atoms. The van der Waals surface area contributed by atoms with Gasteiger partial charge in [-0.1, -0.05) is 5.21 Å². The first-order valence-electron chi connectivity index (χ1n) is 5.53. The average molecular weight is 328 g/mol. The number of aromatic nitrogens is 3. The van der Waals surface area contributed by atoms with Gasteiger partial charge in [0.1, 0.15) is 23.3 Å². The Morgan fingerprint density at radius 1 is 1.21 bits per heavy atom. The number of rotatable bonds is 4. The summed E-state index contributed by atoms with van der Waals surface area (Å²) in [6.45, 7) is 0. The van der Waals surface area contributed by atoms with Crippen LogP contribution in [0.1, 0.15) is 17.4 Å². The zero-order valence-electron chi connectivity index (χ0n) is 10.8. The average Bonchev–Trinajstić information content (AvgIpc) is 2.76. The maximum Gasteiger partial charge on any atom is 0.154 e. The molecule has 19 heavy (non-hydrogen) atoms. The molecule has 1 atom stereocenters. The Labute approximate surface area is 119 Å². The number of aryl methyl sites for hydroxylation is 1. The van der Waals surface area contributed by atoms with Gasteiger partial charge in [-0.15, -0.1) is 5.10 Å². The van der Waals surface area contributed by atoms with E-state index in [-0.39, 0.29) is 0 Å². The highest BCUT2D eigenvalue weighted by Gasteiger charge is 2.20. The standard InChI is InChI=1S/C12H14BrN3O3/c1-16-10(12(13)14-15-16)11(17)7-4-8(18-2)6-9(5-7)19-3/h4-6,11,17H,1-3H3. The number of hydrogen-bond acceptors (Lipinski definition) is 5. The third-order valence-corrected chi connectivity index (χ3v) is 3.34. The van der Waals surface area contributed by atoms with Crippen LogP contribution in [0.2, 0.25) is 0 Å². The molecule has 7 heteroatoms. The SMILES string of the molecule is COc1cc(OC)cc(C(O)c2c(Br)nnn2C)c1. The highest BCUT2D eigenvalue weighted by molar-refractivity contribution is 9.10. The van der Waals surface area contributed by atoms with Gasteiger partial charge in [-0.25, -0.2) is 4.68 Å². The van der Waals surface area contributed by atoms with Crippen LogP contribution in [-0.2, 0) is 7.05 Å². The van der Waals surface area contributed by atoms with Gasteiger partial charge < -0.3 is 14.6 Å². The Bertz CT molecular complexity index is 544. The molecule has 0 aliphatic rings. The maximum absolute atomic E-state index is 10.4. The number of methoxy groups -OCH3 is 2. The quantitative estimate of drug-likeness (QED) is 0.925. The van der Waals surface area contributed by atoms with Crippen molar-refractivity contribution >= 4 is 15.9 Å². The monoisotopic (exact) mass is 327 g/mol. The van der Waals surface area contributed by atoms with E-state index in [4.69, 9.17) is 9.47 Å². The molecule has 1 aromatic heterocycles. The number of halogens is 1. The van der Waals surface area contributed by atoms with Gasteiger partial charge in [-0.2, -0.15) is 0 Å². The first kappa shape index (κ1) is 13.8. The van der Waals surface area contributed by atoms with Gasteiger partial charge in [0.25, 0.3) is 0 Å². The molecule has 1 N–H and O–H groups in total. The van der Waals surface area contributed by atoms with Crippen LogP contribution in [0.15, 0.2) is 22.8 Å². The summed E-state index contributed by atoms with van der Waals surface area (Å²) >= 11 is 3.27. The topological polar surface area (TPSA) is 69.4 Å². The van der Waals surface area contributed by atoms with Crippen LogP contribution in [0.3, 0.4) is 0 Å². The van der Waals surface area contributed by atoms with Crippen LogP contribution >= 0.6 is 15.9 Å². The molecule has 102 valence electrons. The van der Waals surface area contributed by atoms with Gasteiger partial charge in [0, 0.05) is 13.1 Å². The van der Waals surface area contributed by atoms with E-state index in [2.05, 4.69) is 26.2 Å². The van der Waals surface area contributed by atoms with Crippen molar-refractivity contribution in [2.45, 2.75) is 6.10 Å². The van der Waals surface area contributed by atoms with Gasteiger partial charge in [0.15, 0.2) is 4.60 Å². The first-order chi connectivity index (χ1) is 9.06. The van der Waals surface area contributed by atoms with Gasteiger partial charge in [-0.05, 0) is 33.6 Å². The summed E-state index contributed by atoms with van der Waals surface area (Å²) in [6.07, 6.45) is -0.877. The fourth-order valence-corrected chi connectivity index (χ4v) is 2.32. The van der Waals surface area contributed by atoms with Gasteiger partial charge in [0.05, 0.1) is 14.2 Å². The van der Waals surface area contributed by atoms with Gasteiger partial charge in [0.2, 0.25) is 0 Å². The fraction of sp³-hybridized carbons (Fsp3) is 0.333. The molecule has 1 aromatic carbocycles. The minimum absolute atomic E-state index is 0.504. The summed E-state index contributed by atoms with van der Waals surface area (Å²) < 4.78 is 12.4. The molecule has 0 fully saturated rings. The van der Waals surface area contributed by atoms with E-state index in [1.54, 1.807) is 39.5 Å². The Balaban J connectivity index is 2.46. The first-order valence-corrected chi connectivity index (χ1v) is 6.32. The lowest BCUT2D eigenvalue weighted by Gasteiger charge is -2.14. The second-order valence-corrected chi connectivity index (χ2v) is 4.69. The molecule has 2 aromatic rings. The van der Waals surface area contributed by atoms with Crippen molar-refractivity contribution < 1.29 is 14.6 Å². The largest absolute Gasteiger partial charge is 0.497 e. The molecular formula is C12H14BrN3O3. The highest BCUT2D eigenvalue weighted by Crippen LogP contribution is 2.31. The third kappa shape index (κ3) is 2.71. The number of hydrogen-bond donors (Lipinski definition) is 1. The van der Waals surface area contributed by atoms with Crippen molar-refractivity contribution in [3.8, 4) is 11.5 Å². The summed E-state index contributed by atoms with van der Waals surface area (Å²) in [6, 6.07) is 5.23. The van der Waals surface area contributed by atoms with Crippen LogP contribution in [0, 0.1) is 0 Å². The summed E-state index contributed by atoms with van der Waals surface area (Å²) in [5, 5.41) is 18.1. The zero-order chi connectivity index (χ0) is 14.0. The Morgan fingerprint density at radius 2 is 1.79 bits per heavy atom. The molecule has 6 nitrogen and oxygen atoms in total. The van der Waals surface area contributed by atoms with Crippen LogP contribution in [0.4, 0.5) is 0 Å². The smallest absolute Gasteiger partial charge is 0.154 e. The zero-order valence-corrected chi connectivity index (χ0v) is 12.4. The highest BCUT2D eigenvalue weighted by atomic mass is 79.9. The van der Waals surface area contributed by atoms with Gasteiger partial charge in [-0.3, -0.25) is 0 Å². The predicted molar refractivity (Wildman–Crippen MR) is 72.3 cm³/mol. The second kappa shape index (κ2) is 5.58. The number of aliphatic hydroxyl groups excluding tert-OH is 1. The van der Waals surface area contributed by atoms with Crippen LogP contribution in [0.25, 0.3) is 0 Å². The molecule has 0 spiro atoms. The molecule has 0 aliphatic carbocycles. The summed E-state index contributed by atoms with van der Waals surface area (Å²) in [4.78, 5) is 0. The number of aliphatic hydroxyl groups is 1. The van der Waals surface area contributed by atoms with E-state index in [1.165, 1.54) is 4.68 Å². The number of benzene rings is 1. The number of ether oxygens (including phenoxy) is 2. The van der Waals surface area contributed by atoms with E-state index < -0.39 is 6.10 Å². The number of nitrogens with zero attached hydrogens (tertiary/aromatic N) is 3. The lowest BCUT2D eigenvalue weighted by Crippen LogP contribution is -2.07. The van der Waals surface area contributed by atoms with Crippen molar-refractivity contribution in [1.82, 2.24) is 15.0 Å². The van der Waals surface area contributed by atoms with Crippen LogP contribution < -0.4 is 9.47 Å². The molecule has 1 heterocycles. The molecule has 2 rings (SSSR count). The van der Waals surface area contributed by atoms with E-state index in [0.29, 0.717) is 27.4 Å². The van der Waals surface area contributed by atoms with Gasteiger partial charge >= 0.3 is 0 Å². The Morgan fingerprint density at radius 3 is 2.21 bits per heavy atom. The van der Waals surface area contributed by atoms with Crippen molar-refractivity contribution in [2.24, 2.45) is 7.05 Å². The molecular weight excluding hydrogens is 314 g/mol. The van der Waals surface area contributed by atoms with Crippen LogP contribution in [0.5, 0.6) is 11.5 Å². The van der Waals surface area contributed by atoms with E-state index >= 15 is 0 Å². The molecule has 0 amide bonds. The Hall–Kier alpha value is -1.60. The van der Waals surface area contributed by atoms with E-state index in [1.807, 2.05) is 0 Å².